The van der Waals surface area contributed by atoms with Crippen LogP contribution in [0, 0.1) is 0 Å². The van der Waals surface area contributed by atoms with E-state index in [-0.39, 0.29) is 36.1 Å². The number of hydrogen-bond donors (Lipinski definition) is 2. The van der Waals surface area contributed by atoms with Gasteiger partial charge in [-0.3, -0.25) is 4.99 Å². The molecule has 0 radical (unpaired) electrons. The normalized spacial score (nSPS) is 21.9. The largest absolute Gasteiger partial charge is 0.444 e. The molecule has 0 aliphatic carbocycles. The number of nitrogens with zero attached hydrogens (tertiary/aromatic N) is 2. The molecule has 0 aromatic rings. The zero-order valence-corrected chi connectivity index (χ0v) is 14.8. The molecule has 2 rings (SSSR count). The fourth-order valence-electron chi connectivity index (χ4n) is 2.34. The van der Waals surface area contributed by atoms with Gasteiger partial charge >= 0.3 is 6.09 Å². The Morgan fingerprint density at radius 3 is 2.90 bits per heavy atom. The van der Waals surface area contributed by atoms with Gasteiger partial charge in [-0.25, -0.2) is 4.79 Å². The van der Waals surface area contributed by atoms with E-state index >= 15 is 0 Å². The van der Waals surface area contributed by atoms with Crippen molar-refractivity contribution in [3.63, 3.8) is 0 Å². The Hall–Kier alpha value is -0.730. The lowest BCUT2D eigenvalue weighted by Crippen LogP contribution is -2.46. The third-order valence-electron chi connectivity index (χ3n) is 3.18. The van der Waals surface area contributed by atoms with Crippen molar-refractivity contribution in [1.82, 2.24) is 15.5 Å². The molecule has 2 aliphatic rings. The minimum absolute atomic E-state index is 0. The molecule has 2 N–H and O–H groups in total. The number of carbonyl (C=O) groups excluding carboxylic acids is 1. The molecule has 1 atom stereocenters. The molecule has 0 aromatic carbocycles. The van der Waals surface area contributed by atoms with Crippen LogP contribution < -0.4 is 10.6 Å². The van der Waals surface area contributed by atoms with E-state index in [1.54, 1.807) is 0 Å². The first-order valence-electron chi connectivity index (χ1n) is 6.97. The predicted octanol–water partition coefficient (Wildman–Crippen LogP) is 1.55. The summed E-state index contributed by atoms with van der Waals surface area (Å²) in [5.74, 6) is 0.844. The first-order chi connectivity index (χ1) is 8.96. The van der Waals surface area contributed by atoms with Crippen molar-refractivity contribution < 1.29 is 9.53 Å². The topological polar surface area (TPSA) is 66.0 Å². The summed E-state index contributed by atoms with van der Waals surface area (Å²) < 4.78 is 5.44. The van der Waals surface area contributed by atoms with E-state index in [1.165, 1.54) is 0 Å². The monoisotopic (exact) mass is 396 g/mol. The highest BCUT2D eigenvalue weighted by molar-refractivity contribution is 14.0. The van der Waals surface area contributed by atoms with Gasteiger partial charge in [-0.05, 0) is 33.6 Å². The third-order valence-corrected chi connectivity index (χ3v) is 3.18. The zero-order valence-electron chi connectivity index (χ0n) is 12.4. The summed E-state index contributed by atoms with van der Waals surface area (Å²) in [6.07, 6.45) is 1.84. The van der Waals surface area contributed by atoms with E-state index in [0.29, 0.717) is 0 Å². The number of carbonyl (C=O) groups is 1. The van der Waals surface area contributed by atoms with Crippen LogP contribution in [0.5, 0.6) is 0 Å². The van der Waals surface area contributed by atoms with Crippen molar-refractivity contribution in [3.05, 3.63) is 0 Å². The molecule has 2 heterocycles. The van der Waals surface area contributed by atoms with Gasteiger partial charge in [0.15, 0.2) is 5.96 Å². The zero-order chi connectivity index (χ0) is 13.9. The maximum absolute atomic E-state index is 12.1. The summed E-state index contributed by atoms with van der Waals surface area (Å²) >= 11 is 0. The van der Waals surface area contributed by atoms with Gasteiger partial charge in [0.2, 0.25) is 0 Å². The fourth-order valence-corrected chi connectivity index (χ4v) is 2.34. The molecule has 0 bridgehead atoms. The van der Waals surface area contributed by atoms with Gasteiger partial charge in [0, 0.05) is 19.6 Å². The molecule has 20 heavy (non-hydrogen) atoms. The summed E-state index contributed by atoms with van der Waals surface area (Å²) in [6, 6.07) is 0.194. The SMILES string of the molecule is CC(C)(C)OC(=O)N1CCCC1CNC1=NCCN1.I. The Kier molecular flexibility index (Phi) is 6.35. The van der Waals surface area contributed by atoms with Crippen LogP contribution in [0.25, 0.3) is 0 Å². The molecule has 6 nitrogen and oxygen atoms in total. The molecule has 7 heteroatoms. The quantitative estimate of drug-likeness (QED) is 0.696. The van der Waals surface area contributed by atoms with Crippen molar-refractivity contribution in [2.24, 2.45) is 4.99 Å². The van der Waals surface area contributed by atoms with E-state index in [0.717, 1.165) is 45.0 Å². The van der Waals surface area contributed by atoms with Gasteiger partial charge in [-0.15, -0.1) is 24.0 Å². The number of amides is 1. The number of ether oxygens (including phenoxy) is 1. The summed E-state index contributed by atoms with van der Waals surface area (Å²) in [5.41, 5.74) is -0.436. The van der Waals surface area contributed by atoms with Crippen molar-refractivity contribution in [1.29, 1.82) is 0 Å². The van der Waals surface area contributed by atoms with Crippen LogP contribution >= 0.6 is 24.0 Å². The lowest BCUT2D eigenvalue weighted by molar-refractivity contribution is 0.0229. The molecule has 0 spiro atoms. The van der Waals surface area contributed by atoms with E-state index in [2.05, 4.69) is 15.6 Å². The summed E-state index contributed by atoms with van der Waals surface area (Å²) in [4.78, 5) is 18.2. The average Bonchev–Trinajstić information content (AvgIpc) is 2.95. The Balaban J connectivity index is 0.00000200. The average molecular weight is 396 g/mol. The molecule has 0 aromatic heterocycles. The molecular formula is C13H25IN4O2. The fraction of sp³-hybridized carbons (Fsp3) is 0.846. The Bertz CT molecular complexity index is 368. The molecule has 2 aliphatic heterocycles. The number of rotatable bonds is 2. The molecule has 0 saturated carbocycles. The van der Waals surface area contributed by atoms with E-state index in [9.17, 15) is 4.79 Å². The minimum atomic E-state index is -0.436. The second kappa shape index (κ2) is 7.33. The highest BCUT2D eigenvalue weighted by Crippen LogP contribution is 2.20. The lowest BCUT2D eigenvalue weighted by atomic mass is 10.2. The van der Waals surface area contributed by atoms with Crippen LogP contribution in [0.15, 0.2) is 4.99 Å². The van der Waals surface area contributed by atoms with Gasteiger partial charge < -0.3 is 20.3 Å². The highest BCUT2D eigenvalue weighted by atomic mass is 127. The lowest BCUT2D eigenvalue weighted by Gasteiger charge is -2.28. The number of nitrogens with one attached hydrogen (secondary N) is 2. The van der Waals surface area contributed by atoms with Crippen molar-refractivity contribution >= 4 is 36.0 Å². The summed E-state index contributed by atoms with van der Waals surface area (Å²) in [5, 5.41) is 6.43. The Morgan fingerprint density at radius 1 is 1.55 bits per heavy atom. The summed E-state index contributed by atoms with van der Waals surface area (Å²) in [6.45, 7) is 8.90. The summed E-state index contributed by atoms with van der Waals surface area (Å²) in [7, 11) is 0. The first kappa shape index (κ1) is 17.3. The van der Waals surface area contributed by atoms with E-state index < -0.39 is 5.60 Å². The standard InChI is InChI=1S/C13H24N4O2.HI/c1-13(2,3)19-12(18)17-8-4-5-10(17)9-16-11-14-6-7-15-11;/h10H,4-9H2,1-3H3,(H2,14,15,16);1H. The van der Waals surface area contributed by atoms with Gasteiger partial charge in [0.05, 0.1) is 12.6 Å². The highest BCUT2D eigenvalue weighted by Gasteiger charge is 2.32. The first-order valence-corrected chi connectivity index (χ1v) is 6.97. The maximum atomic E-state index is 12.1. The third kappa shape index (κ3) is 4.99. The van der Waals surface area contributed by atoms with Crippen LogP contribution in [0.2, 0.25) is 0 Å². The smallest absolute Gasteiger partial charge is 0.410 e. The number of aliphatic imine (C=N–C) groups is 1. The predicted molar refractivity (Wildman–Crippen MR) is 89.7 cm³/mol. The van der Waals surface area contributed by atoms with Crippen molar-refractivity contribution in [2.75, 3.05) is 26.2 Å². The second-order valence-corrected chi connectivity index (χ2v) is 6.01. The van der Waals surface area contributed by atoms with Crippen LogP contribution in [0.1, 0.15) is 33.6 Å². The van der Waals surface area contributed by atoms with Gasteiger partial charge in [0.25, 0.3) is 0 Å². The van der Waals surface area contributed by atoms with E-state index in [1.807, 2.05) is 25.7 Å². The number of hydrogen-bond acceptors (Lipinski definition) is 5. The molecular weight excluding hydrogens is 371 g/mol. The van der Waals surface area contributed by atoms with Crippen molar-refractivity contribution in [2.45, 2.75) is 45.3 Å². The van der Waals surface area contributed by atoms with Gasteiger partial charge in [-0.2, -0.15) is 0 Å². The molecule has 1 fully saturated rings. The number of guanidine groups is 1. The van der Waals surface area contributed by atoms with Crippen molar-refractivity contribution in [3.8, 4) is 0 Å². The Morgan fingerprint density at radius 2 is 2.30 bits per heavy atom. The number of halogens is 1. The van der Waals surface area contributed by atoms with Gasteiger partial charge in [-0.1, -0.05) is 0 Å². The van der Waals surface area contributed by atoms with Crippen LogP contribution in [-0.4, -0.2) is 54.8 Å². The second-order valence-electron chi connectivity index (χ2n) is 6.01. The van der Waals surface area contributed by atoms with Crippen LogP contribution in [0.4, 0.5) is 4.79 Å². The maximum Gasteiger partial charge on any atom is 0.410 e. The molecule has 1 amide bonds. The molecule has 1 unspecified atom stereocenters. The molecule has 1 saturated heterocycles. The van der Waals surface area contributed by atoms with Gasteiger partial charge in [0.1, 0.15) is 5.60 Å². The van der Waals surface area contributed by atoms with Crippen LogP contribution in [0.3, 0.4) is 0 Å². The molecule has 116 valence electrons. The van der Waals surface area contributed by atoms with Crippen LogP contribution in [-0.2, 0) is 4.74 Å². The Labute approximate surface area is 137 Å². The number of likely N-dealkylation sites (tertiary alicyclic amines) is 1. The van der Waals surface area contributed by atoms with E-state index in [4.69, 9.17) is 4.74 Å². The minimum Gasteiger partial charge on any atom is -0.444 e.